The predicted molar refractivity (Wildman–Crippen MR) is 82.4 cm³/mol. The first kappa shape index (κ1) is 12.3. The van der Waals surface area contributed by atoms with Crippen LogP contribution in [0.5, 0.6) is 0 Å². The van der Waals surface area contributed by atoms with Crippen LogP contribution in [0, 0.1) is 11.3 Å². The number of nitrogens with one attached hydrogen (secondary N) is 1. The molecule has 0 aliphatic heterocycles. The zero-order chi connectivity index (χ0) is 13.8. The Morgan fingerprint density at radius 3 is 2.25 bits per heavy atom. The second kappa shape index (κ2) is 5.46. The fourth-order valence-corrected chi connectivity index (χ4v) is 2.34. The summed E-state index contributed by atoms with van der Waals surface area (Å²) in [5.74, 6) is 0. The van der Waals surface area contributed by atoms with Crippen molar-refractivity contribution in [1.82, 2.24) is 0 Å². The van der Waals surface area contributed by atoms with Crippen molar-refractivity contribution in [2.45, 2.75) is 6.54 Å². The monoisotopic (exact) mass is 258 g/mol. The van der Waals surface area contributed by atoms with Gasteiger partial charge in [-0.25, -0.2) is 0 Å². The fraction of sp³-hybridized carbons (Fsp3) is 0.0556. The molecule has 0 bridgehead atoms. The lowest BCUT2D eigenvalue weighted by Gasteiger charge is -2.10. The second-order valence-corrected chi connectivity index (χ2v) is 4.66. The third kappa shape index (κ3) is 2.34. The number of nitrogens with zero attached hydrogens (tertiary/aromatic N) is 1. The summed E-state index contributed by atoms with van der Waals surface area (Å²) in [4.78, 5) is 0. The van der Waals surface area contributed by atoms with Gasteiger partial charge < -0.3 is 5.32 Å². The van der Waals surface area contributed by atoms with E-state index in [0.29, 0.717) is 5.56 Å². The third-order valence-electron chi connectivity index (χ3n) is 3.37. The lowest BCUT2D eigenvalue weighted by Crippen LogP contribution is -2.00. The molecule has 1 N–H and O–H groups in total. The Morgan fingerprint density at radius 1 is 0.800 bits per heavy atom. The zero-order valence-corrected chi connectivity index (χ0v) is 11.0. The number of nitriles is 1. The molecule has 0 unspecified atom stereocenters. The molecule has 2 heteroatoms. The van der Waals surface area contributed by atoms with Crippen molar-refractivity contribution in [2.75, 3.05) is 5.32 Å². The normalized spacial score (nSPS) is 10.2. The molecule has 3 rings (SSSR count). The van der Waals surface area contributed by atoms with Crippen LogP contribution in [0.3, 0.4) is 0 Å². The van der Waals surface area contributed by atoms with E-state index >= 15 is 0 Å². The molecule has 0 saturated heterocycles. The minimum Gasteiger partial charge on any atom is -0.380 e. The first-order chi connectivity index (χ1) is 9.88. The van der Waals surface area contributed by atoms with Gasteiger partial charge in [0.2, 0.25) is 0 Å². The Morgan fingerprint density at radius 2 is 1.50 bits per heavy atom. The topological polar surface area (TPSA) is 35.8 Å². The minimum absolute atomic E-state index is 0.714. The van der Waals surface area contributed by atoms with Crippen LogP contribution in [-0.2, 0) is 6.54 Å². The predicted octanol–water partition coefficient (Wildman–Crippen LogP) is 4.32. The summed E-state index contributed by atoms with van der Waals surface area (Å²) in [6.45, 7) is 0.775. The van der Waals surface area contributed by atoms with Crippen molar-refractivity contribution >= 4 is 16.5 Å². The third-order valence-corrected chi connectivity index (χ3v) is 3.37. The minimum atomic E-state index is 0.714. The van der Waals surface area contributed by atoms with E-state index in [1.54, 1.807) is 0 Å². The van der Waals surface area contributed by atoms with E-state index in [1.807, 2.05) is 54.6 Å². The summed E-state index contributed by atoms with van der Waals surface area (Å²) in [7, 11) is 0. The maximum absolute atomic E-state index is 9.16. The van der Waals surface area contributed by atoms with Gasteiger partial charge in [-0.15, -0.1) is 0 Å². The number of anilines is 1. The Bertz CT molecular complexity index is 770. The van der Waals surface area contributed by atoms with Crippen molar-refractivity contribution in [2.24, 2.45) is 0 Å². The largest absolute Gasteiger partial charge is 0.380 e. The van der Waals surface area contributed by atoms with Crippen molar-refractivity contribution in [1.29, 1.82) is 5.26 Å². The van der Waals surface area contributed by atoms with Crippen LogP contribution in [-0.4, -0.2) is 0 Å². The quantitative estimate of drug-likeness (QED) is 0.759. The number of fused-ring (bicyclic) bond motifs is 1. The highest BCUT2D eigenvalue weighted by Gasteiger charge is 2.04. The van der Waals surface area contributed by atoms with Gasteiger partial charge in [-0.1, -0.05) is 54.6 Å². The Kier molecular flexibility index (Phi) is 3.34. The number of hydrogen-bond donors (Lipinski definition) is 1. The van der Waals surface area contributed by atoms with E-state index < -0.39 is 0 Å². The molecule has 0 radical (unpaired) electrons. The van der Waals surface area contributed by atoms with E-state index in [1.165, 1.54) is 5.56 Å². The maximum atomic E-state index is 9.16. The lowest BCUT2D eigenvalue weighted by molar-refractivity contribution is 1.15. The van der Waals surface area contributed by atoms with Crippen LogP contribution < -0.4 is 5.32 Å². The maximum Gasteiger partial charge on any atom is 0.0998 e. The lowest BCUT2D eigenvalue weighted by atomic mass is 10.0. The van der Waals surface area contributed by atoms with Gasteiger partial charge in [-0.05, 0) is 17.7 Å². The molecule has 0 amide bonds. The Balaban J connectivity index is 1.95. The zero-order valence-electron chi connectivity index (χ0n) is 11.0. The average Bonchev–Trinajstić information content (AvgIpc) is 2.53. The Hall–Kier alpha value is -2.79. The van der Waals surface area contributed by atoms with Gasteiger partial charge >= 0.3 is 0 Å². The molecular weight excluding hydrogens is 244 g/mol. The molecule has 3 aromatic carbocycles. The van der Waals surface area contributed by atoms with Gasteiger partial charge in [0, 0.05) is 23.0 Å². The van der Waals surface area contributed by atoms with Crippen LogP contribution in [0.1, 0.15) is 11.1 Å². The van der Waals surface area contributed by atoms with E-state index in [4.69, 9.17) is 5.26 Å². The first-order valence-electron chi connectivity index (χ1n) is 6.58. The molecule has 96 valence electrons. The van der Waals surface area contributed by atoms with Crippen molar-refractivity contribution in [3.05, 3.63) is 77.9 Å². The number of benzene rings is 3. The highest BCUT2D eigenvalue weighted by Crippen LogP contribution is 2.26. The molecule has 0 atom stereocenters. The Labute approximate surface area is 118 Å². The molecule has 0 heterocycles. The molecular formula is C18H14N2. The highest BCUT2D eigenvalue weighted by molar-refractivity contribution is 5.97. The standard InChI is InChI=1S/C18H14N2/c19-12-15-10-11-18(17-9-5-4-8-16(15)17)20-13-14-6-2-1-3-7-14/h1-11,20H,13H2. The number of hydrogen-bond acceptors (Lipinski definition) is 2. The molecule has 0 aliphatic carbocycles. The molecule has 2 nitrogen and oxygen atoms in total. The average molecular weight is 258 g/mol. The number of rotatable bonds is 3. The van der Waals surface area contributed by atoms with Gasteiger partial charge in [0.1, 0.15) is 0 Å². The van der Waals surface area contributed by atoms with Crippen LogP contribution in [0.2, 0.25) is 0 Å². The molecule has 0 fully saturated rings. The molecule has 0 spiro atoms. The summed E-state index contributed by atoms with van der Waals surface area (Å²) >= 11 is 0. The van der Waals surface area contributed by atoms with Gasteiger partial charge in [0.05, 0.1) is 11.6 Å². The summed E-state index contributed by atoms with van der Waals surface area (Å²) in [5, 5.41) is 14.7. The van der Waals surface area contributed by atoms with Gasteiger partial charge in [-0.3, -0.25) is 0 Å². The van der Waals surface area contributed by atoms with Crippen molar-refractivity contribution in [3.8, 4) is 6.07 Å². The van der Waals surface area contributed by atoms with Crippen LogP contribution >= 0.6 is 0 Å². The van der Waals surface area contributed by atoms with Gasteiger partial charge in [-0.2, -0.15) is 5.26 Å². The molecule has 3 aromatic rings. The van der Waals surface area contributed by atoms with E-state index in [0.717, 1.165) is 23.0 Å². The molecule has 0 aromatic heterocycles. The summed E-state index contributed by atoms with van der Waals surface area (Å²) in [5.41, 5.74) is 3.01. The van der Waals surface area contributed by atoms with Crippen molar-refractivity contribution < 1.29 is 0 Å². The summed E-state index contributed by atoms with van der Waals surface area (Å²) in [6, 6.07) is 24.4. The van der Waals surface area contributed by atoms with Crippen molar-refractivity contribution in [3.63, 3.8) is 0 Å². The summed E-state index contributed by atoms with van der Waals surface area (Å²) in [6.07, 6.45) is 0. The van der Waals surface area contributed by atoms with Crippen LogP contribution in [0.25, 0.3) is 10.8 Å². The molecule has 0 aliphatic rings. The van der Waals surface area contributed by atoms with Gasteiger partial charge in [0.25, 0.3) is 0 Å². The highest BCUT2D eigenvalue weighted by atomic mass is 14.9. The fourth-order valence-electron chi connectivity index (χ4n) is 2.34. The summed E-state index contributed by atoms with van der Waals surface area (Å²) < 4.78 is 0. The first-order valence-corrected chi connectivity index (χ1v) is 6.58. The van der Waals surface area contributed by atoms with E-state index in [-0.39, 0.29) is 0 Å². The molecule has 0 saturated carbocycles. The smallest absolute Gasteiger partial charge is 0.0998 e. The SMILES string of the molecule is N#Cc1ccc(NCc2ccccc2)c2ccccc12. The van der Waals surface area contributed by atoms with Crippen LogP contribution in [0.4, 0.5) is 5.69 Å². The van der Waals surface area contributed by atoms with E-state index in [9.17, 15) is 0 Å². The van der Waals surface area contributed by atoms with Gasteiger partial charge in [0.15, 0.2) is 0 Å². The second-order valence-electron chi connectivity index (χ2n) is 4.66. The van der Waals surface area contributed by atoms with Crippen LogP contribution in [0.15, 0.2) is 66.7 Å². The van der Waals surface area contributed by atoms with E-state index in [2.05, 4.69) is 23.5 Å². The molecule has 20 heavy (non-hydrogen) atoms.